The van der Waals surface area contributed by atoms with Crippen LogP contribution in [0.3, 0.4) is 0 Å². The topological polar surface area (TPSA) is 54.9 Å². The molecule has 1 aromatic rings. The molecule has 0 spiro atoms. The number of nitrogens with zero attached hydrogens (tertiary/aromatic N) is 2. The third kappa shape index (κ3) is 3.02. The summed E-state index contributed by atoms with van der Waals surface area (Å²) in [6, 6.07) is 1.76. The van der Waals surface area contributed by atoms with Crippen molar-refractivity contribution in [3.8, 4) is 0 Å². The monoisotopic (exact) mass is 221 g/mol. The molecule has 1 atom stereocenters. The molecule has 1 aromatic heterocycles. The molecule has 0 unspecified atom stereocenters. The second-order valence-corrected chi connectivity index (χ2v) is 4.50. The zero-order valence-corrected chi connectivity index (χ0v) is 10.3. The molecule has 0 aromatic carbocycles. The smallest absolute Gasteiger partial charge is 0.223 e. The van der Waals surface area contributed by atoms with Crippen LogP contribution in [0.15, 0.2) is 18.5 Å². The average molecular weight is 221 g/mol. The third-order valence-corrected chi connectivity index (χ3v) is 2.62. The summed E-state index contributed by atoms with van der Waals surface area (Å²) >= 11 is 0. The SMILES string of the molecule is CC[C@@H](C)C(=O)NC(C)(C)c1ncccn1. The maximum absolute atomic E-state index is 11.8. The van der Waals surface area contributed by atoms with Crippen molar-refractivity contribution in [1.82, 2.24) is 15.3 Å². The lowest BCUT2D eigenvalue weighted by molar-refractivity contribution is -0.126. The molecule has 0 saturated heterocycles. The zero-order chi connectivity index (χ0) is 12.2. The van der Waals surface area contributed by atoms with E-state index < -0.39 is 5.54 Å². The Morgan fingerprint density at radius 3 is 2.50 bits per heavy atom. The Bertz CT molecular complexity index is 349. The molecule has 0 aliphatic rings. The van der Waals surface area contributed by atoms with E-state index >= 15 is 0 Å². The van der Waals surface area contributed by atoms with Gasteiger partial charge in [0.05, 0.1) is 5.54 Å². The molecule has 88 valence electrons. The summed E-state index contributed by atoms with van der Waals surface area (Å²) in [5, 5.41) is 2.96. The average Bonchev–Trinajstić information content (AvgIpc) is 2.28. The summed E-state index contributed by atoms with van der Waals surface area (Å²) < 4.78 is 0. The maximum atomic E-state index is 11.8. The number of carbonyl (C=O) groups is 1. The molecule has 1 N–H and O–H groups in total. The van der Waals surface area contributed by atoms with Gasteiger partial charge in [0, 0.05) is 18.3 Å². The first kappa shape index (κ1) is 12.6. The molecule has 16 heavy (non-hydrogen) atoms. The predicted molar refractivity (Wildman–Crippen MR) is 62.7 cm³/mol. The molecule has 1 heterocycles. The van der Waals surface area contributed by atoms with Crippen LogP contribution in [-0.4, -0.2) is 15.9 Å². The van der Waals surface area contributed by atoms with Crippen molar-refractivity contribution in [1.29, 1.82) is 0 Å². The van der Waals surface area contributed by atoms with Crippen LogP contribution < -0.4 is 5.32 Å². The van der Waals surface area contributed by atoms with Gasteiger partial charge in [-0.05, 0) is 26.3 Å². The molecule has 0 fully saturated rings. The first-order valence-electron chi connectivity index (χ1n) is 5.57. The van der Waals surface area contributed by atoms with Gasteiger partial charge in [-0.2, -0.15) is 0 Å². The van der Waals surface area contributed by atoms with Gasteiger partial charge in [-0.15, -0.1) is 0 Å². The molecule has 0 aliphatic heterocycles. The summed E-state index contributed by atoms with van der Waals surface area (Å²) in [7, 11) is 0. The number of carbonyl (C=O) groups excluding carboxylic acids is 1. The lowest BCUT2D eigenvalue weighted by atomic mass is 10.0. The highest BCUT2D eigenvalue weighted by Crippen LogP contribution is 2.16. The summed E-state index contributed by atoms with van der Waals surface area (Å²) in [5.74, 6) is 0.689. The standard InChI is InChI=1S/C12H19N3O/c1-5-9(2)10(16)15-12(3,4)11-13-7-6-8-14-11/h6-9H,5H2,1-4H3,(H,15,16)/t9-/m1/s1. The molecular weight excluding hydrogens is 202 g/mol. The Balaban J connectivity index is 2.76. The lowest BCUT2D eigenvalue weighted by Gasteiger charge is -2.26. The Hall–Kier alpha value is -1.45. The normalized spacial score (nSPS) is 13.2. The Labute approximate surface area is 96.5 Å². The van der Waals surface area contributed by atoms with E-state index in [9.17, 15) is 4.79 Å². The van der Waals surface area contributed by atoms with Crippen molar-refractivity contribution < 1.29 is 4.79 Å². The molecular formula is C12H19N3O. The minimum atomic E-state index is -0.526. The molecule has 1 amide bonds. The first-order valence-corrected chi connectivity index (χ1v) is 5.57. The van der Waals surface area contributed by atoms with Gasteiger partial charge in [-0.25, -0.2) is 9.97 Å². The second-order valence-electron chi connectivity index (χ2n) is 4.50. The highest BCUT2D eigenvalue weighted by Gasteiger charge is 2.27. The number of hydrogen-bond donors (Lipinski definition) is 1. The van der Waals surface area contributed by atoms with E-state index in [0.717, 1.165) is 6.42 Å². The van der Waals surface area contributed by atoms with Crippen molar-refractivity contribution in [2.45, 2.75) is 39.7 Å². The molecule has 0 saturated carbocycles. The van der Waals surface area contributed by atoms with Crippen molar-refractivity contribution in [3.05, 3.63) is 24.3 Å². The number of amides is 1. The number of hydrogen-bond acceptors (Lipinski definition) is 3. The molecule has 1 rings (SSSR count). The van der Waals surface area contributed by atoms with Crippen LogP contribution in [0.2, 0.25) is 0 Å². The summed E-state index contributed by atoms with van der Waals surface area (Å²) in [6.45, 7) is 7.72. The summed E-state index contributed by atoms with van der Waals surface area (Å²) in [6.07, 6.45) is 4.19. The summed E-state index contributed by atoms with van der Waals surface area (Å²) in [4.78, 5) is 20.1. The van der Waals surface area contributed by atoms with Crippen LogP contribution in [-0.2, 0) is 10.3 Å². The highest BCUT2D eigenvalue weighted by atomic mass is 16.2. The molecule has 0 radical (unpaired) electrons. The molecule has 0 aliphatic carbocycles. The number of nitrogens with one attached hydrogen (secondary N) is 1. The van der Waals surface area contributed by atoms with Crippen LogP contribution in [0.5, 0.6) is 0 Å². The van der Waals surface area contributed by atoms with E-state index in [4.69, 9.17) is 0 Å². The molecule has 4 heteroatoms. The third-order valence-electron chi connectivity index (χ3n) is 2.62. The van der Waals surface area contributed by atoms with Crippen molar-refractivity contribution in [3.63, 3.8) is 0 Å². The van der Waals surface area contributed by atoms with Gasteiger partial charge in [0.25, 0.3) is 0 Å². The van der Waals surface area contributed by atoms with Crippen molar-refractivity contribution in [2.24, 2.45) is 5.92 Å². The van der Waals surface area contributed by atoms with E-state index in [-0.39, 0.29) is 11.8 Å². The van der Waals surface area contributed by atoms with Gasteiger partial charge >= 0.3 is 0 Å². The van der Waals surface area contributed by atoms with E-state index in [0.29, 0.717) is 5.82 Å². The van der Waals surface area contributed by atoms with Crippen LogP contribution >= 0.6 is 0 Å². The van der Waals surface area contributed by atoms with E-state index in [2.05, 4.69) is 15.3 Å². The van der Waals surface area contributed by atoms with E-state index in [1.54, 1.807) is 18.5 Å². The predicted octanol–water partition coefficient (Wildman–Crippen LogP) is 1.87. The molecule has 4 nitrogen and oxygen atoms in total. The minimum absolute atomic E-state index is 0.0167. The fraction of sp³-hybridized carbons (Fsp3) is 0.583. The Kier molecular flexibility index (Phi) is 3.99. The van der Waals surface area contributed by atoms with Crippen LogP contribution in [0.1, 0.15) is 39.9 Å². The van der Waals surface area contributed by atoms with Crippen molar-refractivity contribution in [2.75, 3.05) is 0 Å². The lowest BCUT2D eigenvalue weighted by Crippen LogP contribution is -2.44. The Morgan fingerprint density at radius 1 is 1.44 bits per heavy atom. The number of aromatic nitrogens is 2. The zero-order valence-electron chi connectivity index (χ0n) is 10.3. The van der Waals surface area contributed by atoms with Gasteiger partial charge in [0.15, 0.2) is 5.82 Å². The summed E-state index contributed by atoms with van der Waals surface area (Å²) in [5.41, 5.74) is -0.526. The maximum Gasteiger partial charge on any atom is 0.223 e. The van der Waals surface area contributed by atoms with Crippen LogP contribution in [0.4, 0.5) is 0 Å². The van der Waals surface area contributed by atoms with Crippen molar-refractivity contribution >= 4 is 5.91 Å². The van der Waals surface area contributed by atoms with Crippen LogP contribution in [0.25, 0.3) is 0 Å². The Morgan fingerprint density at radius 2 is 2.00 bits per heavy atom. The van der Waals surface area contributed by atoms with Gasteiger partial charge < -0.3 is 5.32 Å². The number of rotatable bonds is 4. The molecule has 0 bridgehead atoms. The fourth-order valence-corrected chi connectivity index (χ4v) is 1.29. The van der Waals surface area contributed by atoms with Gasteiger partial charge in [0.2, 0.25) is 5.91 Å². The largest absolute Gasteiger partial charge is 0.344 e. The quantitative estimate of drug-likeness (QED) is 0.844. The van der Waals surface area contributed by atoms with E-state index in [1.807, 2.05) is 27.7 Å². The first-order chi connectivity index (χ1) is 7.47. The van der Waals surface area contributed by atoms with Gasteiger partial charge in [-0.1, -0.05) is 13.8 Å². The van der Waals surface area contributed by atoms with Gasteiger partial charge in [0.1, 0.15) is 0 Å². The highest BCUT2D eigenvalue weighted by molar-refractivity contribution is 5.78. The van der Waals surface area contributed by atoms with E-state index in [1.165, 1.54) is 0 Å². The van der Waals surface area contributed by atoms with Gasteiger partial charge in [-0.3, -0.25) is 4.79 Å². The fourth-order valence-electron chi connectivity index (χ4n) is 1.29. The van der Waals surface area contributed by atoms with Crippen LogP contribution in [0, 0.1) is 5.92 Å². The second kappa shape index (κ2) is 5.05. The minimum Gasteiger partial charge on any atom is -0.344 e.